The van der Waals surface area contributed by atoms with E-state index in [4.69, 9.17) is 9.78 Å². The molecule has 1 aliphatic carbocycles. The van der Waals surface area contributed by atoms with Crippen LogP contribution in [0.3, 0.4) is 0 Å². The fourth-order valence-corrected chi connectivity index (χ4v) is 2.34. The first kappa shape index (κ1) is 13.7. The number of carbonyl (C=O) groups is 1. The maximum absolute atomic E-state index is 11.9. The van der Waals surface area contributed by atoms with Crippen molar-refractivity contribution in [3.63, 3.8) is 0 Å². The van der Waals surface area contributed by atoms with Crippen molar-refractivity contribution in [2.24, 2.45) is 11.3 Å². The molecular weight excluding hydrogens is 204 g/mol. The van der Waals surface area contributed by atoms with Gasteiger partial charge in [-0.1, -0.05) is 20.8 Å². The summed E-state index contributed by atoms with van der Waals surface area (Å²) in [5.74, 6) is 0.602. The van der Waals surface area contributed by atoms with Crippen LogP contribution in [0, 0.1) is 11.3 Å². The second-order valence-electron chi connectivity index (χ2n) is 6.64. The first-order valence-corrected chi connectivity index (χ1v) is 5.99. The van der Waals surface area contributed by atoms with Crippen molar-refractivity contribution in [2.75, 3.05) is 0 Å². The summed E-state index contributed by atoms with van der Waals surface area (Å²) >= 11 is 0. The van der Waals surface area contributed by atoms with Crippen LogP contribution in [0.25, 0.3) is 0 Å². The Morgan fingerprint density at radius 2 is 1.88 bits per heavy atom. The molecule has 2 unspecified atom stereocenters. The van der Waals surface area contributed by atoms with Crippen LogP contribution in [0.2, 0.25) is 0 Å². The van der Waals surface area contributed by atoms with Gasteiger partial charge in [-0.15, -0.1) is 0 Å². The lowest BCUT2D eigenvalue weighted by Crippen LogP contribution is -2.45. The second-order valence-corrected chi connectivity index (χ2v) is 6.64. The highest BCUT2D eigenvalue weighted by atomic mass is 17.2. The van der Waals surface area contributed by atoms with E-state index in [2.05, 4.69) is 20.8 Å². The molecule has 1 rings (SSSR count). The fraction of sp³-hybridized carbons (Fsp3) is 0.923. The van der Waals surface area contributed by atoms with E-state index >= 15 is 0 Å². The Bertz CT molecular complexity index is 263. The Balaban J connectivity index is 2.66. The Morgan fingerprint density at radius 1 is 1.31 bits per heavy atom. The van der Waals surface area contributed by atoms with Crippen LogP contribution in [0.4, 0.5) is 0 Å². The Morgan fingerprint density at radius 3 is 2.31 bits per heavy atom. The molecule has 0 amide bonds. The average molecular weight is 228 g/mol. The van der Waals surface area contributed by atoms with E-state index in [1.807, 2.05) is 20.8 Å². The van der Waals surface area contributed by atoms with Gasteiger partial charge >= 0.3 is 0 Å². The van der Waals surface area contributed by atoms with Crippen molar-refractivity contribution in [2.45, 2.75) is 66.1 Å². The van der Waals surface area contributed by atoms with Gasteiger partial charge in [0.2, 0.25) is 0 Å². The number of hydrogen-bond acceptors (Lipinski definition) is 3. The van der Waals surface area contributed by atoms with Gasteiger partial charge in [0.05, 0.1) is 5.60 Å². The minimum atomic E-state index is -0.428. The van der Waals surface area contributed by atoms with E-state index in [0.29, 0.717) is 12.3 Å². The third kappa shape index (κ3) is 3.56. The van der Waals surface area contributed by atoms with Crippen LogP contribution in [-0.4, -0.2) is 17.5 Å². The molecule has 2 atom stereocenters. The topological polar surface area (TPSA) is 35.5 Å². The maximum atomic E-state index is 11.9. The Kier molecular flexibility index (Phi) is 3.80. The number of ketones is 1. The first-order valence-electron chi connectivity index (χ1n) is 5.99. The highest BCUT2D eigenvalue weighted by molar-refractivity contribution is 5.84. The largest absolute Gasteiger partial charge is 0.297 e. The van der Waals surface area contributed by atoms with Crippen LogP contribution in [0.1, 0.15) is 54.4 Å². The normalized spacial score (nSPS) is 30.5. The van der Waals surface area contributed by atoms with Crippen LogP contribution >= 0.6 is 0 Å². The quantitative estimate of drug-likeness (QED) is 0.538. The molecule has 0 N–H and O–H groups in total. The monoisotopic (exact) mass is 228 g/mol. The van der Waals surface area contributed by atoms with Crippen LogP contribution in [-0.2, 0) is 14.6 Å². The maximum Gasteiger partial charge on any atom is 0.165 e. The van der Waals surface area contributed by atoms with Gasteiger partial charge in [0.1, 0.15) is 0 Å². The summed E-state index contributed by atoms with van der Waals surface area (Å²) in [7, 11) is 0. The van der Waals surface area contributed by atoms with Gasteiger partial charge in [0.15, 0.2) is 11.9 Å². The van der Waals surface area contributed by atoms with Crippen molar-refractivity contribution in [3.8, 4) is 0 Å². The zero-order valence-corrected chi connectivity index (χ0v) is 11.3. The minimum Gasteiger partial charge on any atom is -0.297 e. The molecule has 94 valence electrons. The highest BCUT2D eigenvalue weighted by Gasteiger charge is 2.43. The zero-order valence-electron chi connectivity index (χ0n) is 11.3. The lowest BCUT2D eigenvalue weighted by atomic mass is 9.70. The molecule has 0 aromatic carbocycles. The highest BCUT2D eigenvalue weighted by Crippen LogP contribution is 2.39. The lowest BCUT2D eigenvalue weighted by molar-refractivity contribution is -0.380. The SMILES string of the molecule is CC1CC(=O)C(OOC(C)(C)C)C(C)(C)C1. The molecule has 1 fully saturated rings. The summed E-state index contributed by atoms with van der Waals surface area (Å²) in [5, 5.41) is 0. The van der Waals surface area contributed by atoms with Gasteiger partial charge in [-0.3, -0.25) is 4.79 Å². The predicted molar refractivity (Wildman–Crippen MR) is 62.9 cm³/mol. The molecule has 0 radical (unpaired) electrons. The van der Waals surface area contributed by atoms with E-state index < -0.39 is 6.10 Å². The molecule has 1 saturated carbocycles. The summed E-state index contributed by atoms with van der Waals surface area (Å²) in [4.78, 5) is 22.6. The average Bonchev–Trinajstić information content (AvgIpc) is 1.96. The molecule has 0 aromatic rings. The third-order valence-corrected chi connectivity index (χ3v) is 2.82. The van der Waals surface area contributed by atoms with Gasteiger partial charge in [0.25, 0.3) is 0 Å². The second kappa shape index (κ2) is 4.46. The molecule has 0 saturated heterocycles. The van der Waals surface area contributed by atoms with Gasteiger partial charge in [-0.05, 0) is 33.1 Å². The number of Topliss-reactive ketones (excluding diaryl/α,β-unsaturated/α-hetero) is 1. The third-order valence-electron chi connectivity index (χ3n) is 2.82. The Hall–Kier alpha value is -0.410. The van der Waals surface area contributed by atoms with E-state index in [-0.39, 0.29) is 16.8 Å². The van der Waals surface area contributed by atoms with E-state index in [1.54, 1.807) is 0 Å². The van der Waals surface area contributed by atoms with Crippen molar-refractivity contribution in [1.82, 2.24) is 0 Å². The molecule has 1 aliphatic rings. The Labute approximate surface area is 98.4 Å². The van der Waals surface area contributed by atoms with Crippen LogP contribution in [0.15, 0.2) is 0 Å². The number of rotatable bonds is 2. The van der Waals surface area contributed by atoms with Crippen molar-refractivity contribution >= 4 is 5.78 Å². The molecular formula is C13H24O3. The molecule has 16 heavy (non-hydrogen) atoms. The van der Waals surface area contributed by atoms with E-state index in [0.717, 1.165) is 6.42 Å². The molecule has 0 aliphatic heterocycles. The smallest absolute Gasteiger partial charge is 0.165 e. The van der Waals surface area contributed by atoms with Gasteiger partial charge in [-0.25, -0.2) is 9.78 Å². The van der Waals surface area contributed by atoms with Crippen molar-refractivity contribution in [1.29, 1.82) is 0 Å². The van der Waals surface area contributed by atoms with Gasteiger partial charge in [0, 0.05) is 11.8 Å². The summed E-state index contributed by atoms with van der Waals surface area (Å²) in [6.45, 7) is 12.0. The standard InChI is InChI=1S/C13H24O3/c1-9-7-10(14)11(13(5,6)8-9)15-16-12(2,3)4/h9,11H,7-8H2,1-6H3. The minimum absolute atomic E-state index is 0.139. The summed E-state index contributed by atoms with van der Waals surface area (Å²) in [5.41, 5.74) is -0.514. The molecule has 0 aromatic heterocycles. The summed E-state index contributed by atoms with van der Waals surface area (Å²) in [6.07, 6.45) is 1.17. The molecule has 3 nitrogen and oxygen atoms in total. The number of hydrogen-bond donors (Lipinski definition) is 0. The fourth-order valence-electron chi connectivity index (χ4n) is 2.34. The van der Waals surface area contributed by atoms with E-state index in [9.17, 15) is 4.79 Å². The summed E-state index contributed by atoms with van der Waals surface area (Å²) < 4.78 is 0. The summed E-state index contributed by atoms with van der Waals surface area (Å²) in [6, 6.07) is 0. The van der Waals surface area contributed by atoms with E-state index in [1.165, 1.54) is 0 Å². The van der Waals surface area contributed by atoms with Crippen LogP contribution < -0.4 is 0 Å². The first-order chi connectivity index (χ1) is 7.12. The molecule has 0 spiro atoms. The van der Waals surface area contributed by atoms with Crippen molar-refractivity contribution in [3.05, 3.63) is 0 Å². The van der Waals surface area contributed by atoms with Gasteiger partial charge < -0.3 is 0 Å². The van der Waals surface area contributed by atoms with Crippen molar-refractivity contribution < 1.29 is 14.6 Å². The predicted octanol–water partition coefficient (Wildman–Crippen LogP) is 3.13. The number of carbonyl (C=O) groups excluding carboxylic acids is 1. The van der Waals surface area contributed by atoms with Gasteiger partial charge in [-0.2, -0.15) is 0 Å². The zero-order chi connectivity index (χ0) is 12.6. The van der Waals surface area contributed by atoms with Crippen LogP contribution in [0.5, 0.6) is 0 Å². The molecule has 3 heteroatoms. The molecule has 0 bridgehead atoms. The lowest BCUT2D eigenvalue weighted by Gasteiger charge is -2.39. The molecule has 0 heterocycles.